The third kappa shape index (κ3) is 6.66. The summed E-state index contributed by atoms with van der Waals surface area (Å²) in [6.45, 7) is 5.76. The van der Waals surface area contributed by atoms with Gasteiger partial charge in [-0.3, -0.25) is 19.3 Å². The van der Waals surface area contributed by atoms with Crippen LogP contribution >= 0.6 is 0 Å². The van der Waals surface area contributed by atoms with Gasteiger partial charge in [0.2, 0.25) is 11.8 Å². The molecule has 5 aliphatic rings. The molecule has 4 saturated carbocycles. The molecule has 0 atom stereocenters. The molecule has 41 heavy (non-hydrogen) atoms. The lowest BCUT2D eigenvalue weighted by molar-refractivity contribution is -0.136. The van der Waals surface area contributed by atoms with Crippen molar-refractivity contribution < 1.29 is 19.1 Å². The number of ketones is 1. The number of Topliss-reactive ketones (excluding diaryl/α,β-unsaturated/α-hetero) is 1. The molecule has 1 N–H and O–H groups in total. The summed E-state index contributed by atoms with van der Waals surface area (Å²) in [5.41, 5.74) is 3.03. The second-order valence-electron chi connectivity index (χ2n) is 13.2. The first-order valence-corrected chi connectivity index (χ1v) is 15.4. The fourth-order valence-electron chi connectivity index (χ4n) is 8.36. The number of para-hydroxylation sites is 1. The predicted octanol–water partition coefficient (Wildman–Crippen LogP) is 4.84. The Labute approximate surface area is 243 Å². The van der Waals surface area contributed by atoms with Gasteiger partial charge in [-0.05, 0) is 80.2 Å². The zero-order valence-electron chi connectivity index (χ0n) is 24.3. The molecule has 4 aliphatic carbocycles. The highest BCUT2D eigenvalue weighted by Crippen LogP contribution is 2.61. The van der Waals surface area contributed by atoms with E-state index in [1.54, 1.807) is 6.92 Å². The third-order valence-electron chi connectivity index (χ3n) is 9.98. The minimum atomic E-state index is 0.0167. The molecule has 1 saturated heterocycles. The number of nitrogens with zero attached hydrogens (tertiary/aromatic N) is 2. The van der Waals surface area contributed by atoms with Crippen LogP contribution in [-0.4, -0.2) is 60.1 Å². The van der Waals surface area contributed by atoms with E-state index in [2.05, 4.69) is 16.3 Å². The number of nitrogens with one attached hydrogen (secondary N) is 1. The zero-order valence-corrected chi connectivity index (χ0v) is 24.3. The van der Waals surface area contributed by atoms with Crippen molar-refractivity contribution >= 4 is 17.6 Å². The van der Waals surface area contributed by atoms with Crippen molar-refractivity contribution in [1.29, 1.82) is 0 Å². The van der Waals surface area contributed by atoms with Gasteiger partial charge < -0.3 is 15.0 Å². The number of ether oxygens (including phenoxy) is 1. The van der Waals surface area contributed by atoms with Gasteiger partial charge in [0.05, 0.1) is 6.54 Å². The first-order chi connectivity index (χ1) is 19.8. The normalized spacial score (nSPS) is 27.0. The van der Waals surface area contributed by atoms with Crippen LogP contribution < -0.4 is 10.1 Å². The van der Waals surface area contributed by atoms with E-state index in [1.165, 1.54) is 38.5 Å². The van der Waals surface area contributed by atoms with Crippen molar-refractivity contribution in [2.75, 3.05) is 32.7 Å². The lowest BCUT2D eigenvalue weighted by Crippen LogP contribution is -2.51. The summed E-state index contributed by atoms with van der Waals surface area (Å²) in [6.07, 6.45) is 8.37. The molecule has 7 heteroatoms. The Morgan fingerprint density at radius 2 is 1.51 bits per heavy atom. The Morgan fingerprint density at radius 1 is 0.878 bits per heavy atom. The first-order valence-electron chi connectivity index (χ1n) is 15.4. The molecule has 0 radical (unpaired) electrons. The van der Waals surface area contributed by atoms with Gasteiger partial charge in [-0.15, -0.1) is 0 Å². The number of carbonyl (C=O) groups is 3. The molecule has 1 aliphatic heterocycles. The molecule has 218 valence electrons. The Bertz CT molecular complexity index is 1230. The summed E-state index contributed by atoms with van der Waals surface area (Å²) in [5, 5.41) is 2.97. The lowest BCUT2D eigenvalue weighted by atomic mass is 9.49. The monoisotopic (exact) mass is 557 g/mol. The van der Waals surface area contributed by atoms with E-state index < -0.39 is 0 Å². The number of amides is 2. The number of hydrogen-bond acceptors (Lipinski definition) is 5. The number of hydrogen-bond donors (Lipinski definition) is 1. The van der Waals surface area contributed by atoms with Crippen LogP contribution in [0, 0.1) is 23.2 Å². The largest absolute Gasteiger partial charge is 0.489 e. The van der Waals surface area contributed by atoms with E-state index in [9.17, 15) is 14.4 Å². The second-order valence-corrected chi connectivity index (χ2v) is 13.2. The third-order valence-corrected chi connectivity index (χ3v) is 9.98. The maximum absolute atomic E-state index is 12.9. The molecule has 2 amide bonds. The number of benzene rings is 2. The fraction of sp³-hybridized carbons (Fsp3) is 0.559. The highest BCUT2D eigenvalue weighted by Gasteiger charge is 2.51. The van der Waals surface area contributed by atoms with Gasteiger partial charge in [-0.1, -0.05) is 42.5 Å². The molecular formula is C34H43N3O4. The number of piperazine rings is 1. The van der Waals surface area contributed by atoms with Crippen LogP contribution in [0.5, 0.6) is 5.75 Å². The number of rotatable bonds is 10. The van der Waals surface area contributed by atoms with Crippen LogP contribution in [0.2, 0.25) is 0 Å². The summed E-state index contributed by atoms with van der Waals surface area (Å²) in [4.78, 5) is 41.5. The molecule has 1 heterocycles. The van der Waals surface area contributed by atoms with Crippen LogP contribution in [0.3, 0.4) is 0 Å². The quantitative estimate of drug-likeness (QED) is 0.423. The molecule has 0 unspecified atom stereocenters. The Kier molecular flexibility index (Phi) is 8.16. The van der Waals surface area contributed by atoms with Crippen molar-refractivity contribution in [3.63, 3.8) is 0 Å². The van der Waals surface area contributed by atoms with Crippen LogP contribution in [0.1, 0.15) is 73.4 Å². The fourth-order valence-corrected chi connectivity index (χ4v) is 8.36. The standard InChI is InChI=1S/C34H43N3O4/c1-24(38)29-8-6-25(7-9-29)23-41-31-5-3-2-4-30(31)22-36-10-12-37(13-11-36)33(40)21-35-32(39)20-34-17-26-14-27(18-34)16-28(15-26)19-34/h2-9,26-28H,10-23H2,1H3,(H,35,39). The molecular weight excluding hydrogens is 514 g/mol. The van der Waals surface area contributed by atoms with E-state index in [0.717, 1.165) is 54.3 Å². The summed E-state index contributed by atoms with van der Waals surface area (Å²) in [5.74, 6) is 3.48. The Hall–Kier alpha value is -3.19. The smallest absolute Gasteiger partial charge is 0.242 e. The average molecular weight is 558 g/mol. The maximum Gasteiger partial charge on any atom is 0.242 e. The molecule has 2 aromatic rings. The van der Waals surface area contributed by atoms with Gasteiger partial charge in [0.15, 0.2) is 5.78 Å². The van der Waals surface area contributed by atoms with E-state index >= 15 is 0 Å². The topological polar surface area (TPSA) is 79.0 Å². The van der Waals surface area contributed by atoms with Crippen LogP contribution in [0.4, 0.5) is 0 Å². The molecule has 2 aromatic carbocycles. The van der Waals surface area contributed by atoms with Gasteiger partial charge in [0.1, 0.15) is 12.4 Å². The van der Waals surface area contributed by atoms with Gasteiger partial charge in [0, 0.05) is 50.3 Å². The lowest BCUT2D eigenvalue weighted by Gasteiger charge is -2.56. The van der Waals surface area contributed by atoms with Crippen LogP contribution in [0.15, 0.2) is 48.5 Å². The Morgan fingerprint density at radius 3 is 2.15 bits per heavy atom. The zero-order chi connectivity index (χ0) is 28.4. The van der Waals surface area contributed by atoms with Crippen molar-refractivity contribution in [1.82, 2.24) is 15.1 Å². The maximum atomic E-state index is 12.9. The summed E-state index contributed by atoms with van der Waals surface area (Å²) < 4.78 is 6.15. The van der Waals surface area contributed by atoms with Crippen LogP contribution in [0.25, 0.3) is 0 Å². The van der Waals surface area contributed by atoms with E-state index in [1.807, 2.05) is 47.4 Å². The molecule has 7 rings (SSSR count). The molecule has 0 spiro atoms. The van der Waals surface area contributed by atoms with E-state index in [4.69, 9.17) is 4.74 Å². The van der Waals surface area contributed by atoms with Gasteiger partial charge >= 0.3 is 0 Å². The van der Waals surface area contributed by atoms with Crippen molar-refractivity contribution in [3.05, 3.63) is 65.2 Å². The average Bonchev–Trinajstić information content (AvgIpc) is 2.95. The molecule has 0 aromatic heterocycles. The minimum absolute atomic E-state index is 0.0167. The van der Waals surface area contributed by atoms with Crippen molar-refractivity contribution in [3.8, 4) is 5.75 Å². The SMILES string of the molecule is CC(=O)c1ccc(COc2ccccc2CN2CCN(C(=O)CNC(=O)CC34CC5CC(CC(C5)C3)C4)CC2)cc1. The van der Waals surface area contributed by atoms with E-state index in [-0.39, 0.29) is 29.6 Å². The minimum Gasteiger partial charge on any atom is -0.489 e. The second kappa shape index (κ2) is 12.0. The van der Waals surface area contributed by atoms with Crippen molar-refractivity contribution in [2.45, 2.75) is 65.0 Å². The van der Waals surface area contributed by atoms with Crippen LogP contribution in [-0.2, 0) is 22.7 Å². The molecule has 7 nitrogen and oxygen atoms in total. The highest BCUT2D eigenvalue weighted by molar-refractivity contribution is 5.94. The molecule has 5 fully saturated rings. The van der Waals surface area contributed by atoms with Gasteiger partial charge in [-0.25, -0.2) is 0 Å². The highest BCUT2D eigenvalue weighted by atomic mass is 16.5. The summed E-state index contributed by atoms with van der Waals surface area (Å²) in [7, 11) is 0. The number of carbonyl (C=O) groups excluding carboxylic acids is 3. The van der Waals surface area contributed by atoms with Crippen molar-refractivity contribution in [2.24, 2.45) is 23.2 Å². The summed E-state index contributed by atoms with van der Waals surface area (Å²) in [6, 6.07) is 15.6. The predicted molar refractivity (Wildman–Crippen MR) is 157 cm³/mol. The summed E-state index contributed by atoms with van der Waals surface area (Å²) >= 11 is 0. The Balaban J connectivity index is 0.939. The first kappa shape index (κ1) is 28.0. The van der Waals surface area contributed by atoms with Gasteiger partial charge in [-0.2, -0.15) is 0 Å². The van der Waals surface area contributed by atoms with E-state index in [0.29, 0.717) is 31.7 Å². The van der Waals surface area contributed by atoms with Gasteiger partial charge in [0.25, 0.3) is 0 Å². The molecule has 4 bridgehead atoms.